The highest BCUT2D eigenvalue weighted by Gasteiger charge is 2.32. The van der Waals surface area contributed by atoms with E-state index in [1.54, 1.807) is 17.3 Å². The van der Waals surface area contributed by atoms with Crippen LogP contribution in [0.4, 0.5) is 0 Å². The number of carbonyl (C=O) groups excluding carboxylic acids is 2. The fourth-order valence-corrected chi connectivity index (χ4v) is 3.62. The van der Waals surface area contributed by atoms with Gasteiger partial charge in [-0.2, -0.15) is 0 Å². The summed E-state index contributed by atoms with van der Waals surface area (Å²) in [5.41, 5.74) is 6.49. The van der Waals surface area contributed by atoms with Gasteiger partial charge in [0, 0.05) is 57.8 Å². The van der Waals surface area contributed by atoms with Gasteiger partial charge in [0.05, 0.1) is 12.3 Å². The summed E-state index contributed by atoms with van der Waals surface area (Å²) in [4.78, 5) is 32.7. The van der Waals surface area contributed by atoms with Crippen molar-refractivity contribution >= 4 is 11.8 Å². The van der Waals surface area contributed by atoms with Gasteiger partial charge < -0.3 is 15.4 Å². The van der Waals surface area contributed by atoms with E-state index in [2.05, 4.69) is 9.88 Å². The zero-order chi connectivity index (χ0) is 17.6. The van der Waals surface area contributed by atoms with Crippen LogP contribution in [0.1, 0.15) is 18.4 Å². The predicted molar refractivity (Wildman–Crippen MR) is 92.6 cm³/mol. The van der Waals surface area contributed by atoms with E-state index in [0.29, 0.717) is 32.1 Å². The number of amides is 2. The lowest BCUT2D eigenvalue weighted by molar-refractivity contribution is -0.131. The van der Waals surface area contributed by atoms with Gasteiger partial charge in [-0.1, -0.05) is 6.07 Å². The molecule has 0 radical (unpaired) electrons. The van der Waals surface area contributed by atoms with Crippen LogP contribution in [0.15, 0.2) is 24.5 Å². The van der Waals surface area contributed by atoms with Crippen molar-refractivity contribution in [3.8, 4) is 0 Å². The third-order valence-corrected chi connectivity index (χ3v) is 5.09. The molecule has 2 saturated heterocycles. The molecular weight excluding hydrogens is 320 g/mol. The normalized spacial score (nSPS) is 23.2. The third-order valence-electron chi connectivity index (χ3n) is 5.09. The molecule has 3 rings (SSSR count). The van der Waals surface area contributed by atoms with Gasteiger partial charge >= 0.3 is 0 Å². The highest BCUT2D eigenvalue weighted by molar-refractivity contribution is 5.81. The van der Waals surface area contributed by atoms with Crippen molar-refractivity contribution in [1.29, 1.82) is 0 Å². The van der Waals surface area contributed by atoms with Gasteiger partial charge in [0.1, 0.15) is 0 Å². The number of pyridine rings is 1. The van der Waals surface area contributed by atoms with Crippen LogP contribution < -0.4 is 5.73 Å². The van der Waals surface area contributed by atoms with Crippen LogP contribution >= 0.6 is 0 Å². The lowest BCUT2D eigenvalue weighted by Crippen LogP contribution is -2.44. The van der Waals surface area contributed by atoms with Crippen molar-refractivity contribution in [2.24, 2.45) is 11.7 Å². The smallest absolute Gasteiger partial charge is 0.227 e. The molecule has 136 valence electrons. The lowest BCUT2D eigenvalue weighted by Gasteiger charge is -2.34. The molecule has 2 N–H and O–H groups in total. The topological polar surface area (TPSA) is 88.8 Å². The predicted octanol–water partition coefficient (Wildman–Crippen LogP) is 0.0488. The molecule has 2 fully saturated rings. The summed E-state index contributed by atoms with van der Waals surface area (Å²) in [6.45, 7) is 3.93. The summed E-state index contributed by atoms with van der Waals surface area (Å²) in [7, 11) is 0. The van der Waals surface area contributed by atoms with E-state index in [0.717, 1.165) is 38.2 Å². The maximum Gasteiger partial charge on any atom is 0.227 e. The van der Waals surface area contributed by atoms with E-state index in [1.807, 2.05) is 12.1 Å². The highest BCUT2D eigenvalue weighted by atomic mass is 16.5. The molecule has 2 aliphatic rings. The second-order valence-electron chi connectivity index (χ2n) is 6.82. The molecule has 1 aromatic heterocycles. The summed E-state index contributed by atoms with van der Waals surface area (Å²) in [5.74, 6) is -0.644. The Hall–Kier alpha value is -1.99. The number of ether oxygens (including phenoxy) is 1. The van der Waals surface area contributed by atoms with Crippen molar-refractivity contribution in [1.82, 2.24) is 14.8 Å². The van der Waals surface area contributed by atoms with Crippen LogP contribution in [0.3, 0.4) is 0 Å². The number of hydrogen-bond donors (Lipinski definition) is 1. The first-order valence-corrected chi connectivity index (χ1v) is 8.91. The van der Waals surface area contributed by atoms with Gasteiger partial charge in [-0.3, -0.25) is 19.5 Å². The van der Waals surface area contributed by atoms with Crippen molar-refractivity contribution in [2.75, 3.05) is 39.4 Å². The number of aromatic nitrogens is 1. The molecule has 2 amide bonds. The van der Waals surface area contributed by atoms with Gasteiger partial charge in [-0.15, -0.1) is 0 Å². The molecule has 1 atom stereocenters. The zero-order valence-electron chi connectivity index (χ0n) is 14.5. The summed E-state index contributed by atoms with van der Waals surface area (Å²) in [6, 6.07) is 4.12. The van der Waals surface area contributed by atoms with Gasteiger partial charge in [0.15, 0.2) is 0 Å². The van der Waals surface area contributed by atoms with E-state index < -0.39 is 0 Å². The van der Waals surface area contributed by atoms with E-state index in [1.165, 1.54) is 0 Å². The largest absolute Gasteiger partial charge is 0.381 e. The van der Waals surface area contributed by atoms with Crippen LogP contribution in [-0.2, 0) is 20.7 Å². The minimum Gasteiger partial charge on any atom is -0.381 e. The highest BCUT2D eigenvalue weighted by Crippen LogP contribution is 2.19. The van der Waals surface area contributed by atoms with Crippen LogP contribution in [0.2, 0.25) is 0 Å². The molecule has 0 aromatic carbocycles. The molecule has 7 heteroatoms. The summed E-state index contributed by atoms with van der Waals surface area (Å²) in [6.07, 6.45) is 5.63. The lowest BCUT2D eigenvalue weighted by atomic mass is 10.0. The molecular formula is C18H26N4O3. The minimum atomic E-state index is -0.335. The Labute approximate surface area is 148 Å². The molecule has 0 spiro atoms. The Bertz CT molecular complexity index is 589. The average molecular weight is 346 g/mol. The number of primary amides is 1. The molecule has 0 saturated carbocycles. The van der Waals surface area contributed by atoms with E-state index in [-0.39, 0.29) is 17.7 Å². The Morgan fingerprint density at radius 2 is 2.04 bits per heavy atom. The Morgan fingerprint density at radius 1 is 1.24 bits per heavy atom. The van der Waals surface area contributed by atoms with Crippen LogP contribution in [0, 0.1) is 5.92 Å². The molecule has 1 aromatic rings. The van der Waals surface area contributed by atoms with Gasteiger partial charge in [0.2, 0.25) is 11.8 Å². The maximum atomic E-state index is 12.7. The second kappa shape index (κ2) is 8.40. The first-order valence-electron chi connectivity index (χ1n) is 8.91. The molecule has 7 nitrogen and oxygen atoms in total. The van der Waals surface area contributed by atoms with Gasteiger partial charge in [-0.25, -0.2) is 0 Å². The summed E-state index contributed by atoms with van der Waals surface area (Å²) >= 11 is 0. The minimum absolute atomic E-state index is 0.0214. The van der Waals surface area contributed by atoms with Gasteiger partial charge in [-0.05, 0) is 24.5 Å². The van der Waals surface area contributed by atoms with Crippen LogP contribution in [0.25, 0.3) is 0 Å². The monoisotopic (exact) mass is 346 g/mol. The zero-order valence-corrected chi connectivity index (χ0v) is 14.5. The molecule has 1 unspecified atom stereocenters. The second-order valence-corrected chi connectivity index (χ2v) is 6.82. The van der Waals surface area contributed by atoms with E-state index in [4.69, 9.17) is 10.5 Å². The standard InChI is InChI=1S/C18H26N4O3/c19-18(24)15-12-21(16-3-8-25-9-4-16)6-7-22(13-15)17(23)10-14-2-1-5-20-11-14/h1-2,5,11,15-16H,3-4,6-10,12-13H2,(H2,19,24). The number of nitrogens with two attached hydrogens (primary N) is 1. The summed E-state index contributed by atoms with van der Waals surface area (Å²) < 4.78 is 5.43. The first kappa shape index (κ1) is 17.8. The number of rotatable bonds is 4. The Kier molecular flexibility index (Phi) is 5.99. The molecule has 0 aliphatic carbocycles. The van der Waals surface area contributed by atoms with Crippen LogP contribution in [-0.4, -0.2) is 72.0 Å². The van der Waals surface area contributed by atoms with Crippen molar-refractivity contribution in [3.63, 3.8) is 0 Å². The van der Waals surface area contributed by atoms with Crippen molar-refractivity contribution in [2.45, 2.75) is 25.3 Å². The van der Waals surface area contributed by atoms with Crippen LogP contribution in [0.5, 0.6) is 0 Å². The number of hydrogen-bond acceptors (Lipinski definition) is 5. The fraction of sp³-hybridized carbons (Fsp3) is 0.611. The molecule has 0 bridgehead atoms. The summed E-state index contributed by atoms with van der Waals surface area (Å²) in [5, 5.41) is 0. The molecule has 25 heavy (non-hydrogen) atoms. The van der Waals surface area contributed by atoms with E-state index in [9.17, 15) is 9.59 Å². The van der Waals surface area contributed by atoms with Gasteiger partial charge in [0.25, 0.3) is 0 Å². The first-order chi connectivity index (χ1) is 12.1. The SMILES string of the molecule is NC(=O)C1CN(C(=O)Cc2cccnc2)CCN(C2CCOCC2)C1. The fourth-order valence-electron chi connectivity index (χ4n) is 3.62. The molecule has 2 aliphatic heterocycles. The number of carbonyl (C=O) groups is 2. The third kappa shape index (κ3) is 4.76. The maximum absolute atomic E-state index is 12.7. The van der Waals surface area contributed by atoms with Crippen molar-refractivity contribution in [3.05, 3.63) is 30.1 Å². The number of nitrogens with zero attached hydrogens (tertiary/aromatic N) is 3. The average Bonchev–Trinajstić information content (AvgIpc) is 2.87. The van der Waals surface area contributed by atoms with E-state index >= 15 is 0 Å². The van der Waals surface area contributed by atoms with Crippen molar-refractivity contribution < 1.29 is 14.3 Å². The quantitative estimate of drug-likeness (QED) is 0.832. The Balaban J connectivity index is 1.66. The molecule has 3 heterocycles. The Morgan fingerprint density at radius 3 is 2.72 bits per heavy atom.